The van der Waals surface area contributed by atoms with Crippen molar-refractivity contribution in [1.82, 2.24) is 24.6 Å². The van der Waals surface area contributed by atoms with E-state index in [1.807, 2.05) is 66.9 Å². The van der Waals surface area contributed by atoms with Crippen LogP contribution in [0.3, 0.4) is 0 Å². The highest BCUT2D eigenvalue weighted by atomic mass is 32.2. The fourth-order valence-electron chi connectivity index (χ4n) is 5.97. The maximum atomic E-state index is 14.8. The van der Waals surface area contributed by atoms with Gasteiger partial charge in [0.25, 0.3) is 0 Å². The van der Waals surface area contributed by atoms with E-state index in [2.05, 4.69) is 20.0 Å². The average molecular weight is 753 g/mol. The van der Waals surface area contributed by atoms with Crippen molar-refractivity contribution in [2.24, 2.45) is 0 Å². The van der Waals surface area contributed by atoms with Gasteiger partial charge in [-0.2, -0.15) is 26.8 Å². The highest BCUT2D eigenvalue weighted by Crippen LogP contribution is 2.49. The maximum absolute atomic E-state index is 14.8. The smallest absolute Gasteiger partial charge is 0.459 e. The summed E-state index contributed by atoms with van der Waals surface area (Å²) in [5, 5.41) is 27.2. The predicted molar refractivity (Wildman–Crippen MR) is 196 cm³/mol. The van der Waals surface area contributed by atoms with E-state index in [4.69, 9.17) is 29.0 Å². The van der Waals surface area contributed by atoms with Crippen molar-refractivity contribution in [3.8, 4) is 11.6 Å². The van der Waals surface area contributed by atoms with Gasteiger partial charge in [-0.3, -0.25) is 13.9 Å². The van der Waals surface area contributed by atoms with E-state index >= 15 is 0 Å². The minimum atomic E-state index is -4.47. The van der Waals surface area contributed by atoms with E-state index < -0.39 is 56.5 Å². The van der Waals surface area contributed by atoms with Gasteiger partial charge in [0, 0.05) is 5.39 Å². The van der Waals surface area contributed by atoms with Crippen molar-refractivity contribution < 1.29 is 42.8 Å². The summed E-state index contributed by atoms with van der Waals surface area (Å²) in [4.78, 5) is 26.2. The Hall–Kier alpha value is -4.28. The topological polar surface area (TPSA) is 202 Å². The summed E-state index contributed by atoms with van der Waals surface area (Å²) in [7, 11) is -3.07. The number of methoxy groups -OCH3 is 1. The van der Waals surface area contributed by atoms with Gasteiger partial charge in [-0.15, -0.1) is 0 Å². The van der Waals surface area contributed by atoms with Gasteiger partial charge in [0.05, 0.1) is 20.0 Å². The standard InChI is InChI=1S/C35H41N6O9PS/c1-21(22-11-6-5-7-12-22)48-32(43)25(17-18-52-4)40-51(45,50-26-16-10-14-23-13-8-9-15-24(23)26)47-19-27-29(42)35(2,44)33(49-27)41-20-37-28-30(41)38-34(36)39-31(28)46-3/h5-16,20-21,25,27,29,33,42,44H,17-19H2,1-4H3,(H,40,45)(H2,36,38,39)/t21?,25-,27+,29+,33-,35+,51?/m0/s1. The number of ether oxygens (including phenoxy) is 3. The van der Waals surface area contributed by atoms with Gasteiger partial charge in [-0.25, -0.2) is 9.55 Å². The molecule has 0 bridgehead atoms. The highest BCUT2D eigenvalue weighted by Gasteiger charge is 2.54. The van der Waals surface area contributed by atoms with Gasteiger partial charge in [-0.1, -0.05) is 66.7 Å². The SMILES string of the molecule is COc1nc(N)nc2c1ncn2[C@H]1O[C@H](COP(=O)(N[C@@H](CCSC)C(=O)OC(C)c2ccccc2)Oc2cccc3ccccc23)[C@@H](O)[C@@]1(C)O. The van der Waals surface area contributed by atoms with Crippen molar-refractivity contribution in [2.75, 3.05) is 31.5 Å². The second-order valence-corrected chi connectivity index (χ2v) is 15.1. The molecule has 0 amide bonds. The Morgan fingerprint density at radius 2 is 1.87 bits per heavy atom. The molecule has 3 heterocycles. The van der Waals surface area contributed by atoms with Crippen molar-refractivity contribution >= 4 is 53.4 Å². The fraction of sp³-hybridized carbons (Fsp3) is 0.371. The molecule has 276 valence electrons. The largest absolute Gasteiger partial charge is 0.479 e. The van der Waals surface area contributed by atoms with Crippen LogP contribution in [-0.4, -0.2) is 85.3 Å². The Bertz CT molecular complexity index is 2060. The molecule has 15 nitrogen and oxygen atoms in total. The number of esters is 1. The first-order valence-corrected chi connectivity index (χ1v) is 19.4. The number of nitrogens with two attached hydrogens (primary N) is 1. The number of carbonyl (C=O) groups is 1. The molecule has 0 aliphatic carbocycles. The van der Waals surface area contributed by atoms with Crippen LogP contribution < -0.4 is 20.1 Å². The summed E-state index contributed by atoms with van der Waals surface area (Å²) in [5.74, 6) is 0.115. The van der Waals surface area contributed by atoms with Gasteiger partial charge in [0.1, 0.15) is 35.7 Å². The molecule has 0 saturated carbocycles. The quantitative estimate of drug-likeness (QED) is 0.0838. The molecule has 2 unspecified atom stereocenters. The lowest BCUT2D eigenvalue weighted by molar-refractivity contribution is -0.150. The van der Waals surface area contributed by atoms with Crippen molar-refractivity contribution in [3.05, 3.63) is 84.7 Å². The van der Waals surface area contributed by atoms with Crippen LogP contribution in [0.2, 0.25) is 0 Å². The first-order valence-electron chi connectivity index (χ1n) is 16.5. The third-order valence-corrected chi connectivity index (χ3v) is 11.0. The van der Waals surface area contributed by atoms with Crippen molar-refractivity contribution in [1.29, 1.82) is 0 Å². The number of fused-ring (bicyclic) bond motifs is 2. The van der Waals surface area contributed by atoms with Crippen LogP contribution in [0.1, 0.15) is 38.2 Å². The zero-order valence-corrected chi connectivity index (χ0v) is 30.7. The van der Waals surface area contributed by atoms with Crippen molar-refractivity contribution in [3.63, 3.8) is 0 Å². The molecule has 5 aromatic rings. The van der Waals surface area contributed by atoms with Crippen LogP contribution >= 0.6 is 19.5 Å². The van der Waals surface area contributed by atoms with Gasteiger partial charge in [0.15, 0.2) is 17.4 Å². The first-order chi connectivity index (χ1) is 24.9. The minimum absolute atomic E-state index is 0.102. The number of hydrogen-bond acceptors (Lipinski definition) is 14. The van der Waals surface area contributed by atoms with Crippen LogP contribution in [-0.2, 0) is 23.4 Å². The van der Waals surface area contributed by atoms with Gasteiger partial charge >= 0.3 is 13.7 Å². The van der Waals surface area contributed by atoms with E-state index in [1.54, 1.807) is 19.1 Å². The second kappa shape index (κ2) is 15.8. The predicted octanol–water partition coefficient (Wildman–Crippen LogP) is 4.80. The molecule has 52 heavy (non-hydrogen) atoms. The number of benzene rings is 3. The molecule has 5 N–H and O–H groups in total. The third kappa shape index (κ3) is 7.88. The number of imidazole rings is 1. The van der Waals surface area contributed by atoms with Gasteiger partial charge in [0.2, 0.25) is 11.8 Å². The Kier molecular flexibility index (Phi) is 11.4. The molecule has 3 aromatic carbocycles. The number of anilines is 1. The average Bonchev–Trinajstić information content (AvgIpc) is 3.65. The van der Waals surface area contributed by atoms with Crippen LogP contribution in [0, 0.1) is 0 Å². The maximum Gasteiger partial charge on any atom is 0.459 e. The number of aliphatic hydroxyl groups excluding tert-OH is 1. The number of aliphatic hydroxyl groups is 2. The number of hydrogen-bond donors (Lipinski definition) is 4. The molecule has 1 saturated heterocycles. The normalized spacial score (nSPS) is 22.5. The third-order valence-electron chi connectivity index (χ3n) is 8.76. The molecule has 1 aliphatic heterocycles. The molecule has 0 radical (unpaired) electrons. The van der Waals surface area contributed by atoms with E-state index in [1.165, 1.54) is 36.7 Å². The summed E-state index contributed by atoms with van der Waals surface area (Å²) < 4.78 is 45.7. The van der Waals surface area contributed by atoms with E-state index in [0.717, 1.165) is 10.9 Å². The zero-order valence-electron chi connectivity index (χ0n) is 29.0. The molecule has 2 aromatic heterocycles. The van der Waals surface area contributed by atoms with E-state index in [9.17, 15) is 19.6 Å². The molecular weight excluding hydrogens is 711 g/mol. The zero-order chi connectivity index (χ0) is 37.0. The number of aromatic nitrogens is 4. The van der Waals surface area contributed by atoms with Crippen LogP contribution in [0.25, 0.3) is 21.9 Å². The Balaban J connectivity index is 1.28. The summed E-state index contributed by atoms with van der Waals surface area (Å²) in [5.41, 5.74) is 5.21. The number of nitrogens with one attached hydrogen (secondary N) is 1. The van der Waals surface area contributed by atoms with E-state index in [-0.39, 0.29) is 35.2 Å². The van der Waals surface area contributed by atoms with Crippen molar-refractivity contribution in [2.45, 2.75) is 56.5 Å². The molecule has 17 heteroatoms. The highest BCUT2D eigenvalue weighted by molar-refractivity contribution is 7.98. The summed E-state index contributed by atoms with van der Waals surface area (Å²) in [6, 6.07) is 20.8. The van der Waals surface area contributed by atoms with E-state index in [0.29, 0.717) is 11.1 Å². The summed E-state index contributed by atoms with van der Waals surface area (Å²) >= 11 is 1.50. The van der Waals surface area contributed by atoms with Crippen LogP contribution in [0.4, 0.5) is 5.95 Å². The Labute approximate surface area is 304 Å². The molecule has 1 fully saturated rings. The summed E-state index contributed by atoms with van der Waals surface area (Å²) in [6.07, 6.45) is -1.15. The minimum Gasteiger partial charge on any atom is -0.479 e. The Morgan fingerprint density at radius 1 is 1.13 bits per heavy atom. The molecule has 6 rings (SSSR count). The lowest BCUT2D eigenvalue weighted by Gasteiger charge is -2.28. The number of nitrogen functional groups attached to an aromatic ring is 1. The second-order valence-electron chi connectivity index (χ2n) is 12.4. The Morgan fingerprint density at radius 3 is 2.62 bits per heavy atom. The molecular formula is C35H41N6O9PS. The molecule has 1 aliphatic rings. The number of rotatable bonds is 15. The lowest BCUT2D eigenvalue weighted by atomic mass is 9.96. The number of nitrogens with zero attached hydrogens (tertiary/aromatic N) is 4. The molecule has 0 spiro atoms. The van der Waals surface area contributed by atoms with Gasteiger partial charge in [-0.05, 0) is 49.3 Å². The van der Waals surface area contributed by atoms with Crippen LogP contribution in [0.15, 0.2) is 79.1 Å². The van der Waals surface area contributed by atoms with Crippen LogP contribution in [0.5, 0.6) is 11.6 Å². The monoisotopic (exact) mass is 752 g/mol. The lowest BCUT2D eigenvalue weighted by Crippen LogP contribution is -2.44. The fourth-order valence-corrected chi connectivity index (χ4v) is 8.00. The van der Waals surface area contributed by atoms with Gasteiger partial charge < -0.3 is 34.7 Å². The number of thioether (sulfide) groups is 1. The summed E-state index contributed by atoms with van der Waals surface area (Å²) in [6.45, 7) is 2.60. The number of carbonyl (C=O) groups excluding carboxylic acids is 1. The molecule has 7 atom stereocenters. The first kappa shape index (κ1) is 37.5.